The summed E-state index contributed by atoms with van der Waals surface area (Å²) in [6.45, 7) is 1.28. The Hall–Kier alpha value is -4.34. The number of fused-ring (bicyclic) bond motifs is 2. The Morgan fingerprint density at radius 1 is 1.00 bits per heavy atom. The van der Waals surface area contributed by atoms with Gasteiger partial charge in [-0.2, -0.15) is 0 Å². The van der Waals surface area contributed by atoms with Crippen LogP contribution in [0.5, 0.6) is 5.75 Å². The number of hydrogen-bond acceptors (Lipinski definition) is 7. The van der Waals surface area contributed by atoms with Crippen molar-refractivity contribution >= 4 is 34.7 Å². The summed E-state index contributed by atoms with van der Waals surface area (Å²) in [6, 6.07) is 9.95. The summed E-state index contributed by atoms with van der Waals surface area (Å²) >= 11 is 0. The predicted octanol–water partition coefficient (Wildman–Crippen LogP) is 2.46. The number of nitrogens with zero attached hydrogens (tertiary/aromatic N) is 4. The van der Waals surface area contributed by atoms with Crippen molar-refractivity contribution in [2.45, 2.75) is 50.7 Å². The first kappa shape index (κ1) is 24.0. The van der Waals surface area contributed by atoms with Crippen molar-refractivity contribution in [1.82, 2.24) is 25.1 Å². The van der Waals surface area contributed by atoms with Gasteiger partial charge in [-0.15, -0.1) is 0 Å². The highest BCUT2D eigenvalue weighted by Crippen LogP contribution is 2.31. The average molecular weight is 514 g/mol. The minimum Gasteiger partial charge on any atom is -0.491 e. The van der Waals surface area contributed by atoms with Crippen LogP contribution in [0.1, 0.15) is 58.4 Å². The first-order valence-electron chi connectivity index (χ1n) is 12.9. The number of likely N-dealkylation sites (tertiary alicyclic amines) is 1. The van der Waals surface area contributed by atoms with Crippen molar-refractivity contribution in [3.63, 3.8) is 0 Å². The molecule has 3 aliphatic rings. The maximum Gasteiger partial charge on any atom is 0.255 e. The summed E-state index contributed by atoms with van der Waals surface area (Å²) in [4.78, 5) is 62.1. The van der Waals surface area contributed by atoms with E-state index < -0.39 is 11.9 Å². The molecule has 2 unspecified atom stereocenters. The van der Waals surface area contributed by atoms with E-state index in [1.807, 2.05) is 17.0 Å². The van der Waals surface area contributed by atoms with E-state index in [1.165, 1.54) is 4.90 Å². The molecule has 0 radical (unpaired) electrons. The van der Waals surface area contributed by atoms with Crippen LogP contribution < -0.4 is 10.1 Å². The molecule has 10 nitrogen and oxygen atoms in total. The zero-order valence-electron chi connectivity index (χ0n) is 20.8. The van der Waals surface area contributed by atoms with E-state index in [1.54, 1.807) is 36.7 Å². The van der Waals surface area contributed by atoms with Crippen molar-refractivity contribution < 1.29 is 23.9 Å². The standard InChI is InChI=1S/C28H27N5O5/c34-25-9-8-24(26(35)31-25)33-15-18-13-20(5-6-21(18)28(33)37)38-16-19-3-1-2-12-32(19)27(36)17-4-7-22-23(14-17)30-11-10-29-22/h4-7,10-11,13-14,19,24H,1-3,8-9,12,15-16H2,(H,31,34,35). The number of aromatic nitrogens is 2. The molecule has 3 aromatic rings. The molecule has 194 valence electrons. The number of ether oxygens (including phenoxy) is 1. The van der Waals surface area contributed by atoms with E-state index in [4.69, 9.17) is 4.74 Å². The molecule has 2 saturated heterocycles. The Labute approximate surface area is 219 Å². The van der Waals surface area contributed by atoms with Crippen LogP contribution in [0.15, 0.2) is 48.8 Å². The Morgan fingerprint density at radius 3 is 2.68 bits per heavy atom. The van der Waals surface area contributed by atoms with Crippen LogP contribution in [0.2, 0.25) is 0 Å². The number of carbonyl (C=O) groups excluding carboxylic acids is 4. The molecule has 6 rings (SSSR count). The van der Waals surface area contributed by atoms with Crippen LogP contribution in [0.25, 0.3) is 11.0 Å². The first-order valence-corrected chi connectivity index (χ1v) is 12.9. The van der Waals surface area contributed by atoms with E-state index in [9.17, 15) is 19.2 Å². The van der Waals surface area contributed by atoms with Gasteiger partial charge in [-0.25, -0.2) is 0 Å². The maximum absolute atomic E-state index is 13.4. The molecule has 1 aromatic heterocycles. The maximum atomic E-state index is 13.4. The van der Waals surface area contributed by atoms with Gasteiger partial charge in [-0.3, -0.25) is 34.5 Å². The van der Waals surface area contributed by atoms with E-state index in [0.717, 1.165) is 30.3 Å². The van der Waals surface area contributed by atoms with Gasteiger partial charge in [-0.05, 0) is 67.6 Å². The third kappa shape index (κ3) is 4.46. The van der Waals surface area contributed by atoms with E-state index in [0.29, 0.717) is 42.0 Å². The Kier molecular flexibility index (Phi) is 6.22. The number of rotatable bonds is 5. The number of benzene rings is 2. The van der Waals surface area contributed by atoms with Gasteiger partial charge in [-0.1, -0.05) is 0 Å². The van der Waals surface area contributed by atoms with Gasteiger partial charge in [0.25, 0.3) is 11.8 Å². The lowest BCUT2D eigenvalue weighted by Gasteiger charge is -2.35. The van der Waals surface area contributed by atoms with E-state index >= 15 is 0 Å². The number of imide groups is 1. The van der Waals surface area contributed by atoms with Gasteiger partial charge in [0.2, 0.25) is 11.8 Å². The van der Waals surface area contributed by atoms with Crippen LogP contribution in [-0.4, -0.2) is 68.6 Å². The van der Waals surface area contributed by atoms with Crippen LogP contribution >= 0.6 is 0 Å². The van der Waals surface area contributed by atoms with Gasteiger partial charge >= 0.3 is 0 Å². The van der Waals surface area contributed by atoms with Crippen LogP contribution in [0.4, 0.5) is 0 Å². The Morgan fingerprint density at radius 2 is 1.84 bits per heavy atom. The molecule has 0 spiro atoms. The first-order chi connectivity index (χ1) is 18.5. The van der Waals surface area contributed by atoms with Crippen LogP contribution in [0.3, 0.4) is 0 Å². The van der Waals surface area contributed by atoms with Crippen molar-refractivity contribution in [1.29, 1.82) is 0 Å². The van der Waals surface area contributed by atoms with Crippen LogP contribution in [-0.2, 0) is 16.1 Å². The minimum absolute atomic E-state index is 0.0507. The molecule has 0 aliphatic carbocycles. The van der Waals surface area contributed by atoms with E-state index in [-0.39, 0.29) is 36.7 Å². The Balaban J connectivity index is 1.14. The largest absolute Gasteiger partial charge is 0.491 e. The van der Waals surface area contributed by atoms with Crippen molar-refractivity contribution in [2.75, 3.05) is 13.2 Å². The van der Waals surface area contributed by atoms with Crippen molar-refractivity contribution in [3.8, 4) is 5.75 Å². The Bertz CT molecular complexity index is 1460. The van der Waals surface area contributed by atoms with Crippen molar-refractivity contribution in [2.24, 2.45) is 0 Å². The van der Waals surface area contributed by atoms with Gasteiger partial charge in [0.15, 0.2) is 0 Å². The molecular weight excluding hydrogens is 486 g/mol. The lowest BCUT2D eigenvalue weighted by Crippen LogP contribution is -2.52. The molecule has 10 heteroatoms. The summed E-state index contributed by atoms with van der Waals surface area (Å²) in [6.07, 6.45) is 6.57. The number of carbonyl (C=O) groups is 4. The second-order valence-electron chi connectivity index (χ2n) is 9.94. The smallest absolute Gasteiger partial charge is 0.255 e. The van der Waals surface area contributed by atoms with Gasteiger partial charge in [0.05, 0.1) is 17.1 Å². The second-order valence-corrected chi connectivity index (χ2v) is 9.94. The van der Waals surface area contributed by atoms with E-state index in [2.05, 4.69) is 15.3 Å². The summed E-state index contributed by atoms with van der Waals surface area (Å²) in [7, 11) is 0. The minimum atomic E-state index is -0.653. The monoisotopic (exact) mass is 513 g/mol. The zero-order chi connectivity index (χ0) is 26.2. The zero-order valence-corrected chi connectivity index (χ0v) is 20.8. The molecule has 2 fully saturated rings. The molecule has 4 heterocycles. The third-order valence-corrected chi connectivity index (χ3v) is 7.54. The molecule has 3 aliphatic heterocycles. The molecule has 2 aromatic carbocycles. The van der Waals surface area contributed by atoms with Crippen molar-refractivity contribution in [3.05, 3.63) is 65.5 Å². The van der Waals surface area contributed by atoms with Gasteiger partial charge in [0, 0.05) is 43.0 Å². The number of piperidine rings is 2. The topological polar surface area (TPSA) is 122 Å². The molecule has 38 heavy (non-hydrogen) atoms. The third-order valence-electron chi connectivity index (χ3n) is 7.54. The highest BCUT2D eigenvalue weighted by atomic mass is 16.5. The number of amides is 4. The molecule has 2 atom stereocenters. The lowest BCUT2D eigenvalue weighted by molar-refractivity contribution is -0.136. The van der Waals surface area contributed by atoms with Gasteiger partial charge in [0.1, 0.15) is 18.4 Å². The molecule has 1 N–H and O–H groups in total. The molecule has 4 amide bonds. The highest BCUT2D eigenvalue weighted by Gasteiger charge is 2.39. The summed E-state index contributed by atoms with van der Waals surface area (Å²) < 4.78 is 6.14. The normalized spacial score (nSPS) is 21.4. The van der Waals surface area contributed by atoms with Crippen LogP contribution in [0, 0.1) is 0 Å². The molecule has 0 bridgehead atoms. The lowest BCUT2D eigenvalue weighted by atomic mass is 10.0. The fraction of sp³-hybridized carbons (Fsp3) is 0.357. The average Bonchev–Trinajstić information content (AvgIpc) is 3.26. The number of nitrogens with one attached hydrogen (secondary N) is 1. The van der Waals surface area contributed by atoms with Gasteiger partial charge < -0.3 is 14.5 Å². The summed E-state index contributed by atoms with van der Waals surface area (Å²) in [5, 5.41) is 2.32. The molecule has 0 saturated carbocycles. The highest BCUT2D eigenvalue weighted by molar-refractivity contribution is 6.05. The number of hydrogen-bond donors (Lipinski definition) is 1. The SMILES string of the molecule is O=C1CCC(N2Cc3cc(OCC4CCCCN4C(=O)c4ccc5nccnc5c4)ccc3C2=O)C(=O)N1. The fourth-order valence-corrected chi connectivity index (χ4v) is 5.54. The summed E-state index contributed by atoms with van der Waals surface area (Å²) in [5.41, 5.74) is 3.33. The molecular formula is C28H27N5O5. The second kappa shape index (κ2) is 9.85. The predicted molar refractivity (Wildman–Crippen MR) is 136 cm³/mol. The quantitative estimate of drug-likeness (QED) is 0.520. The fourth-order valence-electron chi connectivity index (χ4n) is 5.54. The summed E-state index contributed by atoms with van der Waals surface area (Å²) in [5.74, 6) is -0.397.